The maximum atomic E-state index is 13.3. The van der Waals surface area contributed by atoms with Crippen molar-refractivity contribution in [2.75, 3.05) is 13.1 Å². The lowest BCUT2D eigenvalue weighted by Crippen LogP contribution is -2.50. The lowest BCUT2D eigenvalue weighted by atomic mass is 9.84. The Morgan fingerprint density at radius 1 is 1.00 bits per heavy atom. The molecule has 1 saturated carbocycles. The molecule has 0 bridgehead atoms. The van der Waals surface area contributed by atoms with Crippen LogP contribution in [0.5, 0.6) is 0 Å². The Hall–Kier alpha value is -2.42. The minimum Gasteiger partial charge on any atom is -0.353 e. The number of carbonyl (C=O) groups excluding carboxylic acids is 2. The van der Waals surface area contributed by atoms with Crippen LogP contribution in [0, 0.1) is 5.92 Å². The summed E-state index contributed by atoms with van der Waals surface area (Å²) in [6.45, 7) is 0.157. The van der Waals surface area contributed by atoms with Crippen LogP contribution in [0.15, 0.2) is 59.5 Å². The Labute approximate surface area is 199 Å². The number of nitrogens with zero attached hydrogens (tertiary/aromatic N) is 1. The van der Waals surface area contributed by atoms with Crippen LogP contribution in [0.1, 0.15) is 42.5 Å². The highest BCUT2D eigenvalue weighted by atomic mass is 35.5. The van der Waals surface area contributed by atoms with Crippen LogP contribution in [0.2, 0.25) is 5.02 Å². The fraction of sp³-hybridized carbons (Fsp3) is 0.417. The first-order valence-electron chi connectivity index (χ1n) is 11.3. The summed E-state index contributed by atoms with van der Waals surface area (Å²) in [5.74, 6) is -0.0362. The molecule has 4 rings (SSSR count). The van der Waals surface area contributed by atoms with E-state index in [1.807, 2.05) is 18.2 Å². The number of hydrogen-bond acceptors (Lipinski definition) is 4. The van der Waals surface area contributed by atoms with Gasteiger partial charge in [-0.2, -0.15) is 0 Å². The summed E-state index contributed by atoms with van der Waals surface area (Å²) in [4.78, 5) is 28.2. The van der Waals surface area contributed by atoms with Crippen LogP contribution in [0.3, 0.4) is 0 Å². The first-order chi connectivity index (χ1) is 15.9. The maximum Gasteiger partial charge on any atom is 0.254 e. The lowest BCUT2D eigenvalue weighted by molar-refractivity contribution is -0.125. The smallest absolute Gasteiger partial charge is 0.254 e. The minimum absolute atomic E-state index is 0.0345. The molecule has 2 aromatic rings. The molecule has 1 aliphatic carbocycles. The highest BCUT2D eigenvalue weighted by Crippen LogP contribution is 2.40. The molecule has 0 spiro atoms. The van der Waals surface area contributed by atoms with Crippen molar-refractivity contribution in [2.45, 2.75) is 49.1 Å². The van der Waals surface area contributed by atoms with E-state index in [0.29, 0.717) is 22.9 Å². The molecule has 33 heavy (non-hydrogen) atoms. The number of fused-ring (bicyclic) bond motifs is 1. The summed E-state index contributed by atoms with van der Waals surface area (Å²) in [6.07, 6.45) is 4.75. The van der Waals surface area contributed by atoms with Crippen molar-refractivity contribution in [2.24, 2.45) is 5.92 Å². The third kappa shape index (κ3) is 5.39. The van der Waals surface area contributed by atoms with Gasteiger partial charge in [0.05, 0.1) is 4.90 Å². The van der Waals surface area contributed by atoms with Gasteiger partial charge in [0.1, 0.15) is 6.04 Å². The molecule has 1 aliphatic heterocycles. The van der Waals surface area contributed by atoms with E-state index in [0.717, 1.165) is 25.7 Å². The molecule has 2 aliphatic rings. The molecule has 2 aromatic carbocycles. The number of likely N-dealkylation sites (tertiary alicyclic amines) is 1. The Bertz CT molecular complexity index is 1110. The van der Waals surface area contributed by atoms with Gasteiger partial charge < -0.3 is 10.2 Å². The predicted molar refractivity (Wildman–Crippen MR) is 126 cm³/mol. The zero-order valence-electron chi connectivity index (χ0n) is 18.2. The number of rotatable bonds is 7. The van der Waals surface area contributed by atoms with Crippen LogP contribution < -0.4 is 10.0 Å². The van der Waals surface area contributed by atoms with E-state index >= 15 is 0 Å². The van der Waals surface area contributed by atoms with Gasteiger partial charge >= 0.3 is 0 Å². The quantitative estimate of drug-likeness (QED) is 0.584. The number of amides is 2. The molecule has 1 saturated heterocycles. The average molecular weight is 490 g/mol. The Balaban J connectivity index is 1.39. The molecule has 0 radical (unpaired) electrons. The van der Waals surface area contributed by atoms with E-state index in [1.165, 1.54) is 12.1 Å². The van der Waals surface area contributed by atoms with E-state index in [1.54, 1.807) is 29.2 Å². The summed E-state index contributed by atoms with van der Waals surface area (Å²) in [7, 11) is -3.73. The van der Waals surface area contributed by atoms with E-state index in [2.05, 4.69) is 10.0 Å². The van der Waals surface area contributed by atoms with E-state index in [-0.39, 0.29) is 35.8 Å². The van der Waals surface area contributed by atoms with Crippen LogP contribution in [-0.2, 0) is 14.8 Å². The lowest BCUT2D eigenvalue weighted by Gasteiger charge is -2.33. The number of halogens is 1. The van der Waals surface area contributed by atoms with Crippen molar-refractivity contribution >= 4 is 33.4 Å². The van der Waals surface area contributed by atoms with Crippen molar-refractivity contribution in [3.8, 4) is 0 Å². The standard InChI is InChI=1S/C24H28ClN3O4S/c25-19-10-6-11-20(16-19)33(31,32)27-14-13-26-23(29)22-15-18-9-4-5-12-21(18)28(22)24(30)17-7-2-1-3-8-17/h1-3,6-8,10-11,16,18,21-22,27H,4-5,9,12-15H2,(H,26,29). The van der Waals surface area contributed by atoms with E-state index in [4.69, 9.17) is 11.6 Å². The maximum absolute atomic E-state index is 13.3. The van der Waals surface area contributed by atoms with Gasteiger partial charge in [-0.3, -0.25) is 9.59 Å². The SMILES string of the molecule is O=C(NCCNS(=O)(=O)c1cccc(Cl)c1)C1CC2CCCCC2N1C(=O)c1ccccc1. The average Bonchev–Trinajstić information content (AvgIpc) is 3.21. The van der Waals surface area contributed by atoms with Gasteiger partial charge in [-0.1, -0.05) is 48.7 Å². The first-order valence-corrected chi connectivity index (χ1v) is 13.1. The van der Waals surface area contributed by atoms with Crippen LogP contribution >= 0.6 is 11.6 Å². The summed E-state index contributed by atoms with van der Waals surface area (Å²) >= 11 is 5.88. The van der Waals surface area contributed by atoms with Crippen molar-refractivity contribution in [1.82, 2.24) is 14.9 Å². The van der Waals surface area contributed by atoms with Gasteiger partial charge in [0, 0.05) is 29.7 Å². The highest BCUT2D eigenvalue weighted by Gasteiger charge is 2.47. The monoisotopic (exact) mass is 489 g/mol. The van der Waals surface area contributed by atoms with Crippen LogP contribution in [0.4, 0.5) is 0 Å². The summed E-state index contributed by atoms with van der Waals surface area (Å²) < 4.78 is 27.3. The van der Waals surface area contributed by atoms with Crippen molar-refractivity contribution in [1.29, 1.82) is 0 Å². The number of carbonyl (C=O) groups is 2. The van der Waals surface area contributed by atoms with Crippen LogP contribution in [0.25, 0.3) is 0 Å². The van der Waals surface area contributed by atoms with E-state index < -0.39 is 16.1 Å². The van der Waals surface area contributed by atoms with Crippen molar-refractivity contribution in [3.63, 3.8) is 0 Å². The molecule has 3 atom stereocenters. The van der Waals surface area contributed by atoms with Crippen molar-refractivity contribution < 1.29 is 18.0 Å². The molecular weight excluding hydrogens is 462 g/mol. The van der Waals surface area contributed by atoms with E-state index in [9.17, 15) is 18.0 Å². The third-order valence-corrected chi connectivity index (χ3v) is 8.16. The molecule has 2 amide bonds. The number of nitrogens with one attached hydrogen (secondary N) is 2. The molecule has 176 valence electrons. The number of hydrogen-bond donors (Lipinski definition) is 2. The van der Waals surface area contributed by atoms with Gasteiger partial charge in [0.2, 0.25) is 15.9 Å². The summed E-state index contributed by atoms with van der Waals surface area (Å²) in [6, 6.07) is 14.6. The molecule has 2 fully saturated rings. The second-order valence-electron chi connectivity index (χ2n) is 8.59. The normalized spacial score (nSPS) is 22.6. The third-order valence-electron chi connectivity index (χ3n) is 6.47. The molecular formula is C24H28ClN3O4S. The fourth-order valence-corrected chi connectivity index (χ4v) is 6.25. The number of benzene rings is 2. The molecule has 9 heteroatoms. The second kappa shape index (κ2) is 10.2. The van der Waals surface area contributed by atoms with Gasteiger partial charge in [0.25, 0.3) is 5.91 Å². The molecule has 1 heterocycles. The Morgan fingerprint density at radius 3 is 2.52 bits per heavy atom. The summed E-state index contributed by atoms with van der Waals surface area (Å²) in [5, 5.41) is 3.15. The van der Waals surface area contributed by atoms with Gasteiger partial charge in [-0.15, -0.1) is 0 Å². The Kier molecular flexibility index (Phi) is 7.36. The zero-order valence-corrected chi connectivity index (χ0v) is 19.8. The zero-order chi connectivity index (χ0) is 23.4. The van der Waals surface area contributed by atoms with Crippen LogP contribution in [-0.4, -0.2) is 50.3 Å². The summed E-state index contributed by atoms with van der Waals surface area (Å²) in [5.41, 5.74) is 0.579. The molecule has 7 nitrogen and oxygen atoms in total. The minimum atomic E-state index is -3.73. The largest absolute Gasteiger partial charge is 0.353 e. The van der Waals surface area contributed by atoms with Crippen molar-refractivity contribution in [3.05, 3.63) is 65.2 Å². The van der Waals surface area contributed by atoms with Gasteiger partial charge in [-0.25, -0.2) is 13.1 Å². The first kappa shape index (κ1) is 23.7. The second-order valence-corrected chi connectivity index (χ2v) is 10.8. The van der Waals surface area contributed by atoms with Gasteiger partial charge in [0.15, 0.2) is 0 Å². The Morgan fingerprint density at radius 2 is 1.76 bits per heavy atom. The molecule has 0 aromatic heterocycles. The fourth-order valence-electron chi connectivity index (χ4n) is 4.92. The predicted octanol–water partition coefficient (Wildman–Crippen LogP) is 3.21. The molecule has 3 unspecified atom stereocenters. The van der Waals surface area contributed by atoms with Gasteiger partial charge in [-0.05, 0) is 55.5 Å². The highest BCUT2D eigenvalue weighted by molar-refractivity contribution is 7.89. The number of sulfonamides is 1. The topological polar surface area (TPSA) is 95.6 Å². The molecule has 2 N–H and O–H groups in total.